The molecule has 0 saturated carbocycles. The standard InChI is InChI=1S/C17H23N5OS/c23-16(18-8-11-24-17-12-19-21-20-17)13-22-9-6-15(7-10-22)14-4-2-1-3-5-14/h1-5,12,15H,6-11,13H2,(H,18,23)(H,19,20,21). The van der Waals surface area contributed by atoms with Crippen molar-refractivity contribution in [3.05, 3.63) is 42.1 Å². The zero-order valence-corrected chi connectivity index (χ0v) is 14.5. The molecule has 1 aliphatic heterocycles. The Labute approximate surface area is 146 Å². The molecular formula is C17H23N5OS. The molecule has 3 rings (SSSR count). The Balaban J connectivity index is 1.31. The van der Waals surface area contributed by atoms with E-state index in [1.165, 1.54) is 5.56 Å². The van der Waals surface area contributed by atoms with Gasteiger partial charge in [0.2, 0.25) is 5.91 Å². The van der Waals surface area contributed by atoms with Crippen LogP contribution >= 0.6 is 11.8 Å². The number of benzene rings is 1. The fraction of sp³-hybridized carbons (Fsp3) is 0.471. The van der Waals surface area contributed by atoms with Crippen LogP contribution in [0.3, 0.4) is 0 Å². The van der Waals surface area contributed by atoms with Crippen LogP contribution in [0, 0.1) is 0 Å². The van der Waals surface area contributed by atoms with Gasteiger partial charge in [-0.2, -0.15) is 10.3 Å². The van der Waals surface area contributed by atoms with Crippen LogP contribution in [0.1, 0.15) is 24.3 Å². The third-order valence-electron chi connectivity index (χ3n) is 4.29. The summed E-state index contributed by atoms with van der Waals surface area (Å²) in [6.07, 6.45) is 3.93. The van der Waals surface area contributed by atoms with Gasteiger partial charge in [-0.15, -0.1) is 16.9 Å². The van der Waals surface area contributed by atoms with E-state index in [0.717, 1.165) is 36.7 Å². The topological polar surface area (TPSA) is 73.9 Å². The third-order valence-corrected chi connectivity index (χ3v) is 5.19. The molecule has 2 aromatic rings. The van der Waals surface area contributed by atoms with Gasteiger partial charge in [-0.1, -0.05) is 30.3 Å². The summed E-state index contributed by atoms with van der Waals surface area (Å²) >= 11 is 1.58. The van der Waals surface area contributed by atoms with Crippen LogP contribution in [0.4, 0.5) is 0 Å². The summed E-state index contributed by atoms with van der Waals surface area (Å²) in [4.78, 5) is 14.3. The Morgan fingerprint density at radius 3 is 2.79 bits per heavy atom. The minimum Gasteiger partial charge on any atom is -0.354 e. The van der Waals surface area contributed by atoms with Crippen molar-refractivity contribution in [3.8, 4) is 0 Å². The van der Waals surface area contributed by atoms with E-state index in [2.05, 4.69) is 56.0 Å². The second-order valence-corrected chi connectivity index (χ2v) is 7.08. The van der Waals surface area contributed by atoms with E-state index < -0.39 is 0 Å². The third kappa shape index (κ3) is 5.07. The lowest BCUT2D eigenvalue weighted by atomic mass is 9.89. The summed E-state index contributed by atoms with van der Waals surface area (Å²) in [6, 6.07) is 10.7. The van der Waals surface area contributed by atoms with Crippen LogP contribution in [0.15, 0.2) is 41.6 Å². The molecule has 0 spiro atoms. The number of amides is 1. The summed E-state index contributed by atoms with van der Waals surface area (Å²) in [5.41, 5.74) is 1.42. The van der Waals surface area contributed by atoms with Gasteiger partial charge >= 0.3 is 0 Å². The molecule has 1 aromatic carbocycles. The number of aromatic amines is 1. The van der Waals surface area contributed by atoms with Crippen LogP contribution in [-0.4, -0.2) is 58.1 Å². The number of H-pyrrole nitrogens is 1. The molecule has 0 atom stereocenters. The molecule has 0 radical (unpaired) electrons. The number of piperidine rings is 1. The number of carbonyl (C=O) groups is 1. The van der Waals surface area contributed by atoms with Gasteiger partial charge in [-0.05, 0) is 37.4 Å². The van der Waals surface area contributed by atoms with Crippen molar-refractivity contribution in [2.24, 2.45) is 0 Å². The first-order valence-electron chi connectivity index (χ1n) is 8.34. The maximum atomic E-state index is 12.0. The van der Waals surface area contributed by atoms with E-state index in [1.54, 1.807) is 18.0 Å². The molecule has 2 N–H and O–H groups in total. The second-order valence-electron chi connectivity index (χ2n) is 5.97. The number of aromatic nitrogens is 3. The largest absolute Gasteiger partial charge is 0.354 e. The number of hydrogen-bond donors (Lipinski definition) is 2. The minimum atomic E-state index is 0.105. The van der Waals surface area contributed by atoms with E-state index in [1.807, 2.05) is 0 Å². The summed E-state index contributed by atoms with van der Waals surface area (Å²) < 4.78 is 0. The van der Waals surface area contributed by atoms with Crippen molar-refractivity contribution in [1.82, 2.24) is 25.6 Å². The summed E-state index contributed by atoms with van der Waals surface area (Å²) in [5.74, 6) is 1.53. The van der Waals surface area contributed by atoms with Gasteiger partial charge in [0.1, 0.15) is 5.03 Å². The molecule has 0 aliphatic carbocycles. The van der Waals surface area contributed by atoms with Crippen molar-refractivity contribution < 1.29 is 4.79 Å². The molecule has 1 aromatic heterocycles. The number of nitrogens with zero attached hydrogens (tertiary/aromatic N) is 3. The average molecular weight is 345 g/mol. The zero-order valence-electron chi connectivity index (χ0n) is 13.6. The Morgan fingerprint density at radius 2 is 2.08 bits per heavy atom. The normalized spacial score (nSPS) is 16.2. The lowest BCUT2D eigenvalue weighted by Gasteiger charge is -2.31. The Bertz CT molecular complexity index is 611. The Kier molecular flexibility index (Phi) is 6.26. The molecule has 0 bridgehead atoms. The zero-order chi connectivity index (χ0) is 16.6. The van der Waals surface area contributed by atoms with Crippen molar-refractivity contribution in [1.29, 1.82) is 0 Å². The first-order valence-corrected chi connectivity index (χ1v) is 9.32. The highest BCUT2D eigenvalue weighted by Gasteiger charge is 2.21. The molecule has 0 unspecified atom stereocenters. The van der Waals surface area contributed by atoms with Gasteiger partial charge in [-0.25, -0.2) is 0 Å². The molecule has 1 fully saturated rings. The molecular weight excluding hydrogens is 322 g/mol. The molecule has 128 valence electrons. The first kappa shape index (κ1) is 17.0. The fourth-order valence-electron chi connectivity index (χ4n) is 3.02. The number of carbonyl (C=O) groups excluding carboxylic acids is 1. The van der Waals surface area contributed by atoms with Gasteiger partial charge in [0.25, 0.3) is 0 Å². The fourth-order valence-corrected chi connectivity index (χ4v) is 3.66. The van der Waals surface area contributed by atoms with Gasteiger partial charge in [-0.3, -0.25) is 9.69 Å². The SMILES string of the molecule is O=C(CN1CCC(c2ccccc2)CC1)NCCSc1cn[nH]n1. The van der Waals surface area contributed by atoms with Crippen LogP contribution in [0.25, 0.3) is 0 Å². The maximum Gasteiger partial charge on any atom is 0.234 e. The molecule has 1 saturated heterocycles. The second kappa shape index (κ2) is 8.84. The van der Waals surface area contributed by atoms with Gasteiger partial charge in [0, 0.05) is 12.3 Å². The summed E-state index contributed by atoms with van der Waals surface area (Å²) in [6.45, 7) is 3.12. The highest BCUT2D eigenvalue weighted by atomic mass is 32.2. The van der Waals surface area contributed by atoms with Crippen LogP contribution in [0.5, 0.6) is 0 Å². The van der Waals surface area contributed by atoms with E-state index in [-0.39, 0.29) is 5.91 Å². The van der Waals surface area contributed by atoms with Gasteiger partial charge < -0.3 is 5.32 Å². The molecule has 24 heavy (non-hydrogen) atoms. The molecule has 2 heterocycles. The van der Waals surface area contributed by atoms with Crippen LogP contribution in [0.2, 0.25) is 0 Å². The highest BCUT2D eigenvalue weighted by Crippen LogP contribution is 2.27. The maximum absolute atomic E-state index is 12.0. The predicted octanol–water partition coefficient (Wildman–Crippen LogP) is 1.89. The summed E-state index contributed by atoms with van der Waals surface area (Å²) in [7, 11) is 0. The average Bonchev–Trinajstić information content (AvgIpc) is 3.14. The number of likely N-dealkylation sites (tertiary alicyclic amines) is 1. The van der Waals surface area contributed by atoms with E-state index in [9.17, 15) is 4.79 Å². The molecule has 6 nitrogen and oxygen atoms in total. The quantitative estimate of drug-likeness (QED) is 0.592. The van der Waals surface area contributed by atoms with Gasteiger partial charge in [0.15, 0.2) is 0 Å². The van der Waals surface area contributed by atoms with Gasteiger partial charge in [0.05, 0.1) is 12.7 Å². The molecule has 1 aliphatic rings. The Morgan fingerprint density at radius 1 is 1.29 bits per heavy atom. The van der Waals surface area contributed by atoms with Crippen molar-refractivity contribution in [3.63, 3.8) is 0 Å². The van der Waals surface area contributed by atoms with Crippen molar-refractivity contribution >= 4 is 17.7 Å². The van der Waals surface area contributed by atoms with Crippen molar-refractivity contribution in [2.45, 2.75) is 23.8 Å². The minimum absolute atomic E-state index is 0.105. The smallest absolute Gasteiger partial charge is 0.234 e. The number of rotatable bonds is 7. The lowest BCUT2D eigenvalue weighted by Crippen LogP contribution is -2.41. The summed E-state index contributed by atoms with van der Waals surface area (Å²) in [5, 5.41) is 14.1. The first-order chi connectivity index (χ1) is 11.8. The molecule has 7 heteroatoms. The van der Waals surface area contributed by atoms with E-state index in [4.69, 9.17) is 0 Å². The highest BCUT2D eigenvalue weighted by molar-refractivity contribution is 7.99. The molecule has 1 amide bonds. The monoisotopic (exact) mass is 345 g/mol. The lowest BCUT2D eigenvalue weighted by molar-refractivity contribution is -0.122. The Hall–Kier alpha value is -1.86. The number of nitrogens with one attached hydrogen (secondary N) is 2. The number of hydrogen-bond acceptors (Lipinski definition) is 5. The van der Waals surface area contributed by atoms with Crippen molar-refractivity contribution in [2.75, 3.05) is 31.9 Å². The predicted molar refractivity (Wildman–Crippen MR) is 95.0 cm³/mol. The number of thioether (sulfide) groups is 1. The van der Waals surface area contributed by atoms with Crippen LogP contribution < -0.4 is 5.32 Å². The van der Waals surface area contributed by atoms with E-state index in [0.29, 0.717) is 19.0 Å². The van der Waals surface area contributed by atoms with E-state index >= 15 is 0 Å². The van der Waals surface area contributed by atoms with Crippen LogP contribution in [-0.2, 0) is 4.79 Å².